The summed E-state index contributed by atoms with van der Waals surface area (Å²) < 4.78 is 35.5. The summed E-state index contributed by atoms with van der Waals surface area (Å²) in [7, 11) is 3.43. The number of benzene rings is 2. The fourth-order valence-electron chi connectivity index (χ4n) is 3.15. The van der Waals surface area contributed by atoms with Crippen LogP contribution in [0, 0.1) is 6.92 Å². The highest BCUT2D eigenvalue weighted by molar-refractivity contribution is 5.87. The molecule has 1 aliphatic rings. The number of aryl methyl sites for hydroxylation is 1. The van der Waals surface area contributed by atoms with Gasteiger partial charge in [0.15, 0.2) is 11.5 Å². The molecule has 1 aliphatic heterocycles. The molecule has 1 amide bonds. The van der Waals surface area contributed by atoms with Crippen LogP contribution in [0.1, 0.15) is 11.1 Å². The summed E-state index contributed by atoms with van der Waals surface area (Å²) in [5.74, 6) is -0.0212. The van der Waals surface area contributed by atoms with Crippen LogP contribution >= 0.6 is 0 Å². The van der Waals surface area contributed by atoms with Gasteiger partial charge in [0.2, 0.25) is 5.91 Å². The van der Waals surface area contributed by atoms with Crippen molar-refractivity contribution in [2.75, 3.05) is 14.1 Å². The molecule has 0 atom stereocenters. The first kappa shape index (κ1) is 18.2. The molecule has 0 N–H and O–H groups in total. The van der Waals surface area contributed by atoms with Gasteiger partial charge < -0.3 is 14.4 Å². The molecule has 0 aliphatic carbocycles. The predicted octanol–water partition coefficient (Wildman–Crippen LogP) is 4.16. The maximum atomic E-state index is 13.3. The Bertz CT molecular complexity index is 1100. The lowest BCUT2D eigenvalue weighted by Gasteiger charge is -2.12. The first-order valence-electron chi connectivity index (χ1n) is 8.72. The van der Waals surface area contributed by atoms with E-state index in [1.807, 2.05) is 31.2 Å². The number of carbonyl (C=O) groups is 1. The smallest absolute Gasteiger partial charge is 0.395 e. The summed E-state index contributed by atoms with van der Waals surface area (Å²) >= 11 is 0. The minimum Gasteiger partial charge on any atom is -0.395 e. The highest BCUT2D eigenvalue weighted by Crippen LogP contribution is 2.43. The van der Waals surface area contributed by atoms with E-state index in [1.54, 1.807) is 25.1 Å². The molecule has 4 rings (SSSR count). The van der Waals surface area contributed by atoms with Gasteiger partial charge in [-0.05, 0) is 48.4 Å². The standard InChI is InChI=1S/C21H18F2N2O3/c1-12-8-16(14-5-7-18-19(11-14)28-21(22,23)27-18)24-17-9-13(4-6-15(12)17)10-20(26)25(2)3/h4-9,11H,10H2,1-3H3. The lowest BCUT2D eigenvalue weighted by Crippen LogP contribution is -2.25. The van der Waals surface area contributed by atoms with Gasteiger partial charge in [-0.15, -0.1) is 8.78 Å². The summed E-state index contributed by atoms with van der Waals surface area (Å²) in [4.78, 5) is 18.2. The van der Waals surface area contributed by atoms with Gasteiger partial charge >= 0.3 is 6.29 Å². The van der Waals surface area contributed by atoms with Crippen molar-refractivity contribution >= 4 is 16.8 Å². The number of aromatic nitrogens is 1. The molecule has 28 heavy (non-hydrogen) atoms. The van der Waals surface area contributed by atoms with Crippen LogP contribution in [-0.2, 0) is 11.2 Å². The van der Waals surface area contributed by atoms with Crippen molar-refractivity contribution in [1.82, 2.24) is 9.88 Å². The van der Waals surface area contributed by atoms with Gasteiger partial charge in [0.25, 0.3) is 0 Å². The second kappa shape index (κ2) is 6.44. The molecule has 0 saturated heterocycles. The summed E-state index contributed by atoms with van der Waals surface area (Å²) in [5, 5.41) is 0.970. The highest BCUT2D eigenvalue weighted by atomic mass is 19.3. The fraction of sp³-hybridized carbons (Fsp3) is 0.238. The van der Waals surface area contributed by atoms with Crippen molar-refractivity contribution in [3.8, 4) is 22.8 Å². The predicted molar refractivity (Wildman–Crippen MR) is 101 cm³/mol. The van der Waals surface area contributed by atoms with Gasteiger partial charge in [0.05, 0.1) is 17.6 Å². The van der Waals surface area contributed by atoms with Crippen molar-refractivity contribution in [1.29, 1.82) is 0 Å². The third kappa shape index (κ3) is 3.35. The maximum Gasteiger partial charge on any atom is 0.586 e. The molecule has 0 spiro atoms. The van der Waals surface area contributed by atoms with E-state index in [-0.39, 0.29) is 23.8 Å². The minimum atomic E-state index is -3.65. The maximum absolute atomic E-state index is 13.3. The summed E-state index contributed by atoms with van der Waals surface area (Å²) in [5.41, 5.74) is 3.86. The largest absolute Gasteiger partial charge is 0.586 e. The third-order valence-electron chi connectivity index (χ3n) is 4.63. The number of carbonyl (C=O) groups excluding carboxylic acids is 1. The molecule has 2 heterocycles. The molecule has 0 radical (unpaired) electrons. The number of amides is 1. The number of likely N-dealkylation sites (N-methyl/N-ethyl adjacent to an activating group) is 1. The Balaban J connectivity index is 1.73. The van der Waals surface area contributed by atoms with Crippen molar-refractivity contribution in [3.05, 3.63) is 53.6 Å². The molecule has 2 aromatic carbocycles. The number of rotatable bonds is 3. The van der Waals surface area contributed by atoms with Gasteiger partial charge in [-0.1, -0.05) is 12.1 Å². The van der Waals surface area contributed by atoms with Crippen LogP contribution < -0.4 is 9.47 Å². The van der Waals surface area contributed by atoms with E-state index in [1.165, 1.54) is 12.1 Å². The zero-order valence-corrected chi connectivity index (χ0v) is 15.6. The quantitative estimate of drug-likeness (QED) is 0.680. The molecular weight excluding hydrogens is 366 g/mol. The lowest BCUT2D eigenvalue weighted by molar-refractivity contribution is -0.286. The van der Waals surface area contributed by atoms with Gasteiger partial charge in [0.1, 0.15) is 0 Å². The van der Waals surface area contributed by atoms with Crippen molar-refractivity contribution < 1.29 is 23.0 Å². The molecule has 0 bridgehead atoms. The zero-order chi connectivity index (χ0) is 20.1. The molecule has 144 valence electrons. The summed E-state index contributed by atoms with van der Waals surface area (Å²) in [6, 6.07) is 12.2. The molecule has 5 nitrogen and oxygen atoms in total. The molecule has 0 saturated carbocycles. The van der Waals surface area contributed by atoms with Crippen LogP contribution in [-0.4, -0.2) is 36.2 Å². The van der Waals surface area contributed by atoms with Gasteiger partial charge in [-0.3, -0.25) is 4.79 Å². The Morgan fingerprint density at radius 3 is 2.57 bits per heavy atom. The number of halogens is 2. The average Bonchev–Trinajstić information content (AvgIpc) is 2.94. The van der Waals surface area contributed by atoms with E-state index in [4.69, 9.17) is 0 Å². The number of ether oxygens (including phenoxy) is 2. The SMILES string of the molecule is Cc1cc(-c2ccc3c(c2)OC(F)(F)O3)nc2cc(CC(=O)N(C)C)ccc12. The molecule has 3 aromatic rings. The number of alkyl halides is 2. The number of pyridine rings is 1. The fourth-order valence-corrected chi connectivity index (χ4v) is 3.15. The monoisotopic (exact) mass is 384 g/mol. The number of nitrogens with zero attached hydrogens (tertiary/aromatic N) is 2. The third-order valence-corrected chi connectivity index (χ3v) is 4.63. The first-order chi connectivity index (χ1) is 13.2. The number of hydrogen-bond donors (Lipinski definition) is 0. The van der Waals surface area contributed by atoms with E-state index in [0.29, 0.717) is 11.3 Å². The normalized spacial score (nSPS) is 14.3. The van der Waals surface area contributed by atoms with Crippen LogP contribution in [0.15, 0.2) is 42.5 Å². The van der Waals surface area contributed by atoms with Crippen LogP contribution in [0.2, 0.25) is 0 Å². The van der Waals surface area contributed by atoms with E-state index in [9.17, 15) is 13.6 Å². The Labute approximate surface area is 160 Å². The zero-order valence-electron chi connectivity index (χ0n) is 15.6. The van der Waals surface area contributed by atoms with Crippen LogP contribution in [0.25, 0.3) is 22.2 Å². The number of hydrogen-bond acceptors (Lipinski definition) is 4. The van der Waals surface area contributed by atoms with Crippen molar-refractivity contribution in [2.45, 2.75) is 19.6 Å². The Kier molecular flexibility index (Phi) is 4.18. The Morgan fingerprint density at radius 2 is 1.82 bits per heavy atom. The van der Waals surface area contributed by atoms with E-state index in [0.717, 1.165) is 22.0 Å². The summed E-state index contributed by atoms with van der Waals surface area (Å²) in [6.07, 6.45) is -3.37. The second-order valence-corrected chi connectivity index (χ2v) is 6.97. The number of fused-ring (bicyclic) bond motifs is 2. The van der Waals surface area contributed by atoms with Gasteiger partial charge in [0, 0.05) is 25.0 Å². The molecule has 7 heteroatoms. The van der Waals surface area contributed by atoms with Crippen molar-refractivity contribution in [2.24, 2.45) is 0 Å². The first-order valence-corrected chi connectivity index (χ1v) is 8.72. The minimum absolute atomic E-state index is 0.00363. The lowest BCUT2D eigenvalue weighted by atomic mass is 10.0. The van der Waals surface area contributed by atoms with Gasteiger partial charge in [-0.25, -0.2) is 4.98 Å². The topological polar surface area (TPSA) is 51.7 Å². The van der Waals surface area contributed by atoms with Crippen LogP contribution in [0.5, 0.6) is 11.5 Å². The van der Waals surface area contributed by atoms with Crippen LogP contribution in [0.4, 0.5) is 8.78 Å². The Hall–Kier alpha value is -3.22. The van der Waals surface area contributed by atoms with E-state index < -0.39 is 6.29 Å². The van der Waals surface area contributed by atoms with Gasteiger partial charge in [-0.2, -0.15) is 0 Å². The van der Waals surface area contributed by atoms with Crippen molar-refractivity contribution in [3.63, 3.8) is 0 Å². The molecule has 1 aromatic heterocycles. The average molecular weight is 384 g/mol. The van der Waals surface area contributed by atoms with Crippen LogP contribution in [0.3, 0.4) is 0 Å². The Morgan fingerprint density at radius 1 is 1.07 bits per heavy atom. The molecule has 0 unspecified atom stereocenters. The second-order valence-electron chi connectivity index (χ2n) is 6.97. The molecular formula is C21H18F2N2O3. The summed E-state index contributed by atoms with van der Waals surface area (Å²) in [6.45, 7) is 1.96. The highest BCUT2D eigenvalue weighted by Gasteiger charge is 2.43. The van der Waals surface area contributed by atoms with E-state index in [2.05, 4.69) is 14.5 Å². The van der Waals surface area contributed by atoms with E-state index >= 15 is 0 Å². The molecule has 0 fully saturated rings.